The molecule has 2 unspecified atom stereocenters. The van der Waals surface area contributed by atoms with E-state index < -0.39 is 0 Å². The van der Waals surface area contributed by atoms with E-state index in [0.717, 1.165) is 22.9 Å². The van der Waals surface area contributed by atoms with Crippen molar-refractivity contribution in [3.63, 3.8) is 0 Å². The molecule has 126 valence electrons. The molecule has 0 saturated carbocycles. The second-order valence-electron chi connectivity index (χ2n) is 5.90. The van der Waals surface area contributed by atoms with Crippen LogP contribution in [0.1, 0.15) is 12.0 Å². The highest BCUT2D eigenvalue weighted by molar-refractivity contribution is 5.92. The molecule has 0 amide bonds. The Hall–Kier alpha value is -1.99. The van der Waals surface area contributed by atoms with E-state index in [9.17, 15) is 4.79 Å². The van der Waals surface area contributed by atoms with E-state index >= 15 is 0 Å². The Kier molecular flexibility index (Phi) is 4.44. The quantitative estimate of drug-likeness (QED) is 0.185. The van der Waals surface area contributed by atoms with Crippen molar-refractivity contribution < 1.29 is 28.8 Å². The van der Waals surface area contributed by atoms with E-state index in [1.807, 2.05) is 30.3 Å². The number of hydrogen-bond acceptors (Lipinski definition) is 6. The number of carbonyl (C=O) groups excluding carboxylic acids is 1. The SMILES string of the molecule is O=C(CC1CO1)Oc1cccc2c(COOCC3CO3)cccc12. The number of ether oxygens (including phenoxy) is 3. The van der Waals surface area contributed by atoms with Crippen LogP contribution in [0.5, 0.6) is 5.75 Å². The summed E-state index contributed by atoms with van der Waals surface area (Å²) < 4.78 is 15.6. The molecule has 6 nitrogen and oxygen atoms in total. The maximum absolute atomic E-state index is 11.9. The van der Waals surface area contributed by atoms with E-state index in [2.05, 4.69) is 0 Å². The summed E-state index contributed by atoms with van der Waals surface area (Å²) in [6.45, 7) is 2.13. The molecule has 2 aliphatic heterocycles. The first-order chi connectivity index (χ1) is 11.8. The summed E-state index contributed by atoms with van der Waals surface area (Å²) >= 11 is 0. The summed E-state index contributed by atoms with van der Waals surface area (Å²) in [5.74, 6) is 0.270. The van der Waals surface area contributed by atoms with Crippen molar-refractivity contribution in [2.45, 2.75) is 25.2 Å². The van der Waals surface area contributed by atoms with E-state index in [4.69, 9.17) is 24.0 Å². The van der Waals surface area contributed by atoms with Crippen molar-refractivity contribution in [1.29, 1.82) is 0 Å². The molecule has 0 aliphatic carbocycles. The van der Waals surface area contributed by atoms with Crippen molar-refractivity contribution in [2.24, 2.45) is 0 Å². The lowest BCUT2D eigenvalue weighted by atomic mass is 10.0. The highest BCUT2D eigenvalue weighted by Gasteiger charge is 2.27. The summed E-state index contributed by atoms with van der Waals surface area (Å²) in [7, 11) is 0. The number of carbonyl (C=O) groups is 1. The first-order valence-electron chi connectivity index (χ1n) is 7.98. The minimum Gasteiger partial charge on any atom is -0.426 e. The molecule has 24 heavy (non-hydrogen) atoms. The van der Waals surface area contributed by atoms with Crippen LogP contribution in [0.15, 0.2) is 36.4 Å². The van der Waals surface area contributed by atoms with Crippen molar-refractivity contribution in [3.05, 3.63) is 42.0 Å². The van der Waals surface area contributed by atoms with Gasteiger partial charge in [0.25, 0.3) is 0 Å². The van der Waals surface area contributed by atoms with Crippen LogP contribution in [0, 0.1) is 0 Å². The molecular formula is C18H18O6. The fourth-order valence-corrected chi connectivity index (χ4v) is 2.49. The standard InChI is InChI=1S/C18H18O6/c19-18(7-13-9-20-13)24-17-6-2-4-15-12(3-1-5-16(15)17)8-22-23-11-14-10-21-14/h1-6,13-14H,7-11H2. The van der Waals surface area contributed by atoms with Crippen molar-refractivity contribution in [3.8, 4) is 5.75 Å². The van der Waals surface area contributed by atoms with Gasteiger partial charge in [-0.1, -0.05) is 30.3 Å². The zero-order valence-electron chi connectivity index (χ0n) is 13.1. The molecule has 2 saturated heterocycles. The summed E-state index contributed by atoms with van der Waals surface area (Å²) in [4.78, 5) is 22.3. The molecule has 0 N–H and O–H groups in total. The summed E-state index contributed by atoms with van der Waals surface area (Å²) in [5.41, 5.74) is 0.965. The Morgan fingerprint density at radius 1 is 1.00 bits per heavy atom. The molecule has 0 aromatic heterocycles. The Balaban J connectivity index is 1.46. The maximum atomic E-state index is 11.9. The Bertz CT molecular complexity index is 735. The fraction of sp³-hybridized carbons (Fsp3) is 0.389. The topological polar surface area (TPSA) is 69.8 Å². The first kappa shape index (κ1) is 15.5. The van der Waals surface area contributed by atoms with Crippen LogP contribution < -0.4 is 4.74 Å². The predicted molar refractivity (Wildman–Crippen MR) is 84.4 cm³/mol. The van der Waals surface area contributed by atoms with Crippen LogP contribution in [0.25, 0.3) is 10.8 Å². The van der Waals surface area contributed by atoms with Crippen LogP contribution in [0.2, 0.25) is 0 Å². The number of epoxide rings is 2. The average molecular weight is 330 g/mol. The monoisotopic (exact) mass is 330 g/mol. The molecule has 0 spiro atoms. The summed E-state index contributed by atoms with van der Waals surface area (Å²) in [5, 5.41) is 1.84. The minimum absolute atomic E-state index is 0.0176. The maximum Gasteiger partial charge on any atom is 0.313 e. The number of esters is 1. The lowest BCUT2D eigenvalue weighted by Crippen LogP contribution is -2.11. The van der Waals surface area contributed by atoms with Crippen LogP contribution in [-0.4, -0.2) is 38.0 Å². The highest BCUT2D eigenvalue weighted by Crippen LogP contribution is 2.29. The normalized spacial score (nSPS) is 21.7. The van der Waals surface area contributed by atoms with Gasteiger partial charge in [0.2, 0.25) is 0 Å². The van der Waals surface area contributed by atoms with Gasteiger partial charge in [-0.2, -0.15) is 0 Å². The van der Waals surface area contributed by atoms with Crippen LogP contribution in [0.3, 0.4) is 0 Å². The molecule has 2 atom stereocenters. The average Bonchev–Trinajstić information content (AvgIpc) is 3.48. The smallest absolute Gasteiger partial charge is 0.313 e. The van der Waals surface area contributed by atoms with Gasteiger partial charge in [-0.3, -0.25) is 4.79 Å². The van der Waals surface area contributed by atoms with Crippen LogP contribution in [-0.2, 0) is 30.7 Å². The molecule has 2 aromatic rings. The number of fused-ring (bicyclic) bond motifs is 1. The Morgan fingerprint density at radius 2 is 1.75 bits per heavy atom. The van der Waals surface area contributed by atoms with Gasteiger partial charge in [-0.15, -0.1) is 0 Å². The molecule has 0 radical (unpaired) electrons. The third kappa shape index (κ3) is 3.91. The number of benzene rings is 2. The van der Waals surface area contributed by atoms with E-state index in [-0.39, 0.29) is 24.6 Å². The van der Waals surface area contributed by atoms with Gasteiger partial charge >= 0.3 is 5.97 Å². The fourth-order valence-electron chi connectivity index (χ4n) is 2.49. The number of rotatable bonds is 8. The molecule has 0 bridgehead atoms. The predicted octanol–water partition coefficient (Wildman–Crippen LogP) is 2.38. The highest BCUT2D eigenvalue weighted by atomic mass is 17.2. The molecular weight excluding hydrogens is 312 g/mol. The molecule has 4 rings (SSSR count). The van der Waals surface area contributed by atoms with Gasteiger partial charge in [0, 0.05) is 5.39 Å². The zero-order chi connectivity index (χ0) is 16.4. The Morgan fingerprint density at radius 3 is 2.54 bits per heavy atom. The third-order valence-corrected chi connectivity index (χ3v) is 3.95. The lowest BCUT2D eigenvalue weighted by molar-refractivity contribution is -0.305. The van der Waals surface area contributed by atoms with Crippen LogP contribution >= 0.6 is 0 Å². The van der Waals surface area contributed by atoms with Crippen molar-refractivity contribution >= 4 is 16.7 Å². The molecule has 2 aliphatic rings. The van der Waals surface area contributed by atoms with Gasteiger partial charge < -0.3 is 14.2 Å². The lowest BCUT2D eigenvalue weighted by Gasteiger charge is -2.10. The Labute approximate surface area is 139 Å². The molecule has 6 heteroatoms. The summed E-state index contributed by atoms with van der Waals surface area (Å²) in [6.07, 6.45) is 0.471. The van der Waals surface area contributed by atoms with E-state index in [1.165, 1.54) is 0 Å². The zero-order valence-corrected chi connectivity index (χ0v) is 13.1. The largest absolute Gasteiger partial charge is 0.426 e. The van der Waals surface area contributed by atoms with Crippen molar-refractivity contribution in [2.75, 3.05) is 19.8 Å². The summed E-state index contributed by atoms with van der Waals surface area (Å²) in [6, 6.07) is 11.4. The molecule has 2 aromatic carbocycles. The van der Waals surface area contributed by atoms with E-state index in [0.29, 0.717) is 25.6 Å². The third-order valence-electron chi connectivity index (χ3n) is 3.95. The second-order valence-corrected chi connectivity index (χ2v) is 5.90. The minimum atomic E-state index is -0.278. The number of hydrogen-bond donors (Lipinski definition) is 0. The van der Waals surface area contributed by atoms with Gasteiger partial charge in [0.15, 0.2) is 0 Å². The van der Waals surface area contributed by atoms with E-state index in [1.54, 1.807) is 6.07 Å². The molecule has 2 fully saturated rings. The first-order valence-corrected chi connectivity index (χ1v) is 7.98. The van der Waals surface area contributed by atoms with Gasteiger partial charge in [-0.05, 0) is 17.0 Å². The van der Waals surface area contributed by atoms with Crippen LogP contribution in [0.4, 0.5) is 0 Å². The van der Waals surface area contributed by atoms with Gasteiger partial charge in [0.05, 0.1) is 25.7 Å². The van der Waals surface area contributed by atoms with Gasteiger partial charge in [-0.25, -0.2) is 9.78 Å². The molecule has 2 heterocycles. The van der Waals surface area contributed by atoms with Crippen molar-refractivity contribution in [1.82, 2.24) is 0 Å². The second kappa shape index (κ2) is 6.86. The van der Waals surface area contributed by atoms with Gasteiger partial charge in [0.1, 0.15) is 25.1 Å².